The number of nitrogens with one attached hydrogen (secondary N) is 1. The minimum absolute atomic E-state index is 0.532. The molecular weight excluding hydrogens is 330 g/mol. The second-order valence-corrected chi connectivity index (χ2v) is 6.96. The number of ether oxygens (including phenoxy) is 1. The monoisotopic (exact) mass is 355 g/mol. The Morgan fingerprint density at radius 3 is 2.16 bits per heavy atom. The van der Waals surface area contributed by atoms with Crippen LogP contribution in [0.1, 0.15) is 18.4 Å². The van der Waals surface area contributed by atoms with Crippen molar-refractivity contribution in [1.29, 1.82) is 0 Å². The van der Waals surface area contributed by atoms with Crippen LogP contribution in [0.5, 0.6) is 5.75 Å². The van der Waals surface area contributed by atoms with E-state index in [0.29, 0.717) is 6.04 Å². The zero-order chi connectivity index (χ0) is 17.8. The van der Waals surface area contributed by atoms with Crippen LogP contribution in [0.3, 0.4) is 0 Å². The summed E-state index contributed by atoms with van der Waals surface area (Å²) >= 11 is 5.68. The van der Waals surface area contributed by atoms with Crippen molar-refractivity contribution < 1.29 is 4.74 Å². The van der Waals surface area contributed by atoms with Crippen molar-refractivity contribution in [3.8, 4) is 5.75 Å². The SMILES string of the molecule is COc1ccc(N(Cc2ccc(N(C)C)cc2)C(=S)NC2CC2)cc1. The molecule has 0 saturated heterocycles. The zero-order valence-corrected chi connectivity index (χ0v) is 15.8. The summed E-state index contributed by atoms with van der Waals surface area (Å²) in [6.07, 6.45) is 2.41. The first-order valence-electron chi connectivity index (χ1n) is 8.55. The Kier molecular flexibility index (Phi) is 5.43. The third-order valence-corrected chi connectivity index (χ3v) is 4.67. The van der Waals surface area contributed by atoms with E-state index in [1.165, 1.54) is 24.1 Å². The van der Waals surface area contributed by atoms with Crippen LogP contribution in [-0.4, -0.2) is 32.4 Å². The summed E-state index contributed by atoms with van der Waals surface area (Å²) in [5.41, 5.74) is 3.48. The number of rotatable bonds is 6. The fourth-order valence-electron chi connectivity index (χ4n) is 2.60. The lowest BCUT2D eigenvalue weighted by molar-refractivity contribution is 0.415. The highest BCUT2D eigenvalue weighted by Crippen LogP contribution is 2.24. The van der Waals surface area contributed by atoms with E-state index in [-0.39, 0.29) is 0 Å². The van der Waals surface area contributed by atoms with E-state index >= 15 is 0 Å². The second kappa shape index (κ2) is 7.74. The normalized spacial score (nSPS) is 13.2. The van der Waals surface area contributed by atoms with Crippen LogP contribution in [0.15, 0.2) is 48.5 Å². The number of hydrogen-bond donors (Lipinski definition) is 1. The van der Waals surface area contributed by atoms with E-state index in [1.54, 1.807) is 7.11 Å². The number of anilines is 2. The molecule has 0 atom stereocenters. The standard InChI is InChI=1S/C20H25N3OS/c1-22(2)17-8-4-15(5-9-17)14-23(20(25)21-16-6-7-16)18-10-12-19(24-3)13-11-18/h4-5,8-13,16H,6-7,14H2,1-3H3,(H,21,25). The van der Waals surface area contributed by atoms with Gasteiger partial charge in [-0.05, 0) is 67.0 Å². The Balaban J connectivity index is 1.80. The molecule has 1 saturated carbocycles. The van der Waals surface area contributed by atoms with Gasteiger partial charge in [-0.2, -0.15) is 0 Å². The zero-order valence-electron chi connectivity index (χ0n) is 15.0. The van der Waals surface area contributed by atoms with Crippen molar-refractivity contribution in [3.63, 3.8) is 0 Å². The predicted molar refractivity (Wildman–Crippen MR) is 109 cm³/mol. The van der Waals surface area contributed by atoms with Gasteiger partial charge in [-0.15, -0.1) is 0 Å². The Labute approximate surface area is 155 Å². The molecule has 0 amide bonds. The smallest absolute Gasteiger partial charge is 0.173 e. The molecule has 0 unspecified atom stereocenters. The minimum Gasteiger partial charge on any atom is -0.497 e. The Bertz CT molecular complexity index is 709. The molecule has 5 heteroatoms. The van der Waals surface area contributed by atoms with Gasteiger partial charge in [0.25, 0.3) is 0 Å². The van der Waals surface area contributed by atoms with Gasteiger partial charge >= 0.3 is 0 Å². The number of hydrogen-bond acceptors (Lipinski definition) is 3. The molecule has 2 aromatic rings. The van der Waals surface area contributed by atoms with Crippen molar-refractivity contribution in [2.24, 2.45) is 0 Å². The first-order valence-corrected chi connectivity index (χ1v) is 8.96. The fourth-order valence-corrected chi connectivity index (χ4v) is 2.94. The molecule has 1 aliphatic carbocycles. The molecule has 0 aliphatic heterocycles. The summed E-state index contributed by atoms with van der Waals surface area (Å²) in [7, 11) is 5.78. The molecular formula is C20H25N3OS. The maximum atomic E-state index is 5.68. The van der Waals surface area contributed by atoms with Crippen LogP contribution in [0, 0.1) is 0 Å². The third-order valence-electron chi connectivity index (χ3n) is 4.33. The summed E-state index contributed by atoms with van der Waals surface area (Å²) in [5, 5.41) is 4.23. The molecule has 25 heavy (non-hydrogen) atoms. The van der Waals surface area contributed by atoms with Gasteiger partial charge in [0.1, 0.15) is 5.75 Å². The highest BCUT2D eigenvalue weighted by molar-refractivity contribution is 7.80. The lowest BCUT2D eigenvalue weighted by Crippen LogP contribution is -2.40. The molecule has 4 nitrogen and oxygen atoms in total. The lowest BCUT2D eigenvalue weighted by atomic mass is 10.1. The molecule has 132 valence electrons. The molecule has 0 spiro atoms. The molecule has 1 N–H and O–H groups in total. The van der Waals surface area contributed by atoms with Gasteiger partial charge in [-0.25, -0.2) is 0 Å². The third kappa shape index (κ3) is 4.63. The van der Waals surface area contributed by atoms with Crippen molar-refractivity contribution in [2.75, 3.05) is 31.0 Å². The van der Waals surface area contributed by atoms with Gasteiger partial charge in [0.05, 0.1) is 13.7 Å². The van der Waals surface area contributed by atoms with Crippen LogP contribution in [0.2, 0.25) is 0 Å². The molecule has 3 rings (SSSR count). The highest BCUT2D eigenvalue weighted by atomic mass is 32.1. The number of benzene rings is 2. The first kappa shape index (κ1) is 17.5. The van der Waals surface area contributed by atoms with Gasteiger partial charge in [-0.1, -0.05) is 12.1 Å². The molecule has 0 heterocycles. The van der Waals surface area contributed by atoms with E-state index in [9.17, 15) is 0 Å². The number of methoxy groups -OCH3 is 1. The van der Waals surface area contributed by atoms with Crippen LogP contribution in [-0.2, 0) is 6.54 Å². The van der Waals surface area contributed by atoms with E-state index in [0.717, 1.165) is 23.1 Å². The summed E-state index contributed by atoms with van der Waals surface area (Å²) in [6, 6.07) is 17.2. The second-order valence-electron chi connectivity index (χ2n) is 6.57. The maximum Gasteiger partial charge on any atom is 0.173 e. The van der Waals surface area contributed by atoms with Crippen LogP contribution < -0.4 is 19.9 Å². The minimum atomic E-state index is 0.532. The Morgan fingerprint density at radius 2 is 1.64 bits per heavy atom. The van der Waals surface area contributed by atoms with Crippen LogP contribution in [0.4, 0.5) is 11.4 Å². The van der Waals surface area contributed by atoms with Crippen molar-refractivity contribution in [2.45, 2.75) is 25.4 Å². The lowest BCUT2D eigenvalue weighted by Gasteiger charge is -2.26. The predicted octanol–water partition coefficient (Wildman–Crippen LogP) is 3.80. The summed E-state index contributed by atoms with van der Waals surface area (Å²) in [4.78, 5) is 4.25. The van der Waals surface area contributed by atoms with Gasteiger partial charge in [0, 0.05) is 31.5 Å². The summed E-state index contributed by atoms with van der Waals surface area (Å²) in [5.74, 6) is 0.847. The van der Waals surface area contributed by atoms with Crippen molar-refractivity contribution in [1.82, 2.24) is 5.32 Å². The topological polar surface area (TPSA) is 27.7 Å². The maximum absolute atomic E-state index is 5.68. The summed E-state index contributed by atoms with van der Waals surface area (Å²) < 4.78 is 5.27. The highest BCUT2D eigenvalue weighted by Gasteiger charge is 2.24. The molecule has 2 aromatic carbocycles. The van der Waals surface area contributed by atoms with Gasteiger partial charge < -0.3 is 19.9 Å². The number of thiocarbonyl (C=S) groups is 1. The Morgan fingerprint density at radius 1 is 1.04 bits per heavy atom. The first-order chi connectivity index (χ1) is 12.1. The Hall–Kier alpha value is -2.27. The van der Waals surface area contributed by atoms with Crippen LogP contribution in [0.25, 0.3) is 0 Å². The quantitative estimate of drug-likeness (QED) is 0.796. The van der Waals surface area contributed by atoms with Gasteiger partial charge in [-0.3, -0.25) is 0 Å². The molecule has 0 aromatic heterocycles. The van der Waals surface area contributed by atoms with Gasteiger partial charge in [0.2, 0.25) is 0 Å². The van der Waals surface area contributed by atoms with E-state index in [1.807, 2.05) is 38.4 Å². The van der Waals surface area contributed by atoms with E-state index in [2.05, 4.69) is 39.4 Å². The molecule has 1 fully saturated rings. The van der Waals surface area contributed by atoms with Crippen molar-refractivity contribution in [3.05, 3.63) is 54.1 Å². The average molecular weight is 356 g/mol. The fraction of sp³-hybridized carbons (Fsp3) is 0.350. The van der Waals surface area contributed by atoms with Crippen LogP contribution >= 0.6 is 12.2 Å². The molecule has 1 aliphatic rings. The van der Waals surface area contributed by atoms with Gasteiger partial charge in [0.15, 0.2) is 5.11 Å². The molecule has 0 radical (unpaired) electrons. The van der Waals surface area contributed by atoms with E-state index < -0.39 is 0 Å². The van der Waals surface area contributed by atoms with E-state index in [4.69, 9.17) is 17.0 Å². The summed E-state index contributed by atoms with van der Waals surface area (Å²) in [6.45, 7) is 0.735. The number of nitrogens with zero attached hydrogens (tertiary/aromatic N) is 2. The van der Waals surface area contributed by atoms with Crippen molar-refractivity contribution >= 4 is 28.7 Å². The molecule has 0 bridgehead atoms. The average Bonchev–Trinajstić information content (AvgIpc) is 3.44. The largest absolute Gasteiger partial charge is 0.497 e.